The lowest BCUT2D eigenvalue weighted by Crippen LogP contribution is -1.98. The molecule has 28 heavy (non-hydrogen) atoms. The minimum Gasteiger partial charge on any atom is -0.494 e. The highest BCUT2D eigenvalue weighted by Gasteiger charge is 2.04. The number of rotatable bonds is 9. The number of hydrogen-bond donors (Lipinski definition) is 0. The average molecular weight is 465 g/mol. The van der Waals surface area contributed by atoms with Crippen molar-refractivity contribution >= 4 is 39.7 Å². The van der Waals surface area contributed by atoms with E-state index in [1.165, 1.54) is 11.6 Å². The molecule has 0 fully saturated rings. The van der Waals surface area contributed by atoms with Crippen LogP contribution in [0, 0.1) is 5.82 Å². The zero-order valence-electron chi connectivity index (χ0n) is 15.2. The Morgan fingerprint density at radius 2 is 1.93 bits per heavy atom. The molecule has 2 aromatic carbocycles. The molecule has 0 saturated carbocycles. The summed E-state index contributed by atoms with van der Waals surface area (Å²) in [5, 5.41) is 0. The summed E-state index contributed by atoms with van der Waals surface area (Å²) in [4.78, 5) is 4.43. The number of alkyl halides is 1. The molecule has 0 N–H and O–H groups in total. The molecule has 3 rings (SSSR count). The number of aryl methyl sites for hydroxylation is 2. The Morgan fingerprint density at radius 1 is 1.11 bits per heavy atom. The molecule has 0 radical (unpaired) electrons. The highest BCUT2D eigenvalue weighted by molar-refractivity contribution is 9.10. The molecule has 0 unspecified atom stereocenters. The van der Waals surface area contributed by atoms with E-state index in [4.69, 9.17) is 20.8 Å². The molecule has 6 heteroatoms. The molecular formula is C22H20BrClFNO2. The first-order chi connectivity index (χ1) is 13.6. The van der Waals surface area contributed by atoms with Crippen molar-refractivity contribution in [2.45, 2.75) is 19.3 Å². The molecule has 0 spiro atoms. The fraction of sp³-hybridized carbons (Fsp3) is 0.227. The second-order valence-electron chi connectivity index (χ2n) is 6.21. The van der Waals surface area contributed by atoms with Crippen LogP contribution < -0.4 is 4.74 Å². The van der Waals surface area contributed by atoms with Crippen LogP contribution in [0.5, 0.6) is 5.75 Å². The highest BCUT2D eigenvalue weighted by Crippen LogP contribution is 2.18. The average Bonchev–Trinajstić information content (AvgIpc) is 3.15. The lowest BCUT2D eigenvalue weighted by Gasteiger charge is -2.06. The van der Waals surface area contributed by atoms with Crippen LogP contribution in [0.4, 0.5) is 4.39 Å². The summed E-state index contributed by atoms with van der Waals surface area (Å²) in [5.41, 5.74) is 2.54. The Balaban J connectivity index is 1.52. The molecule has 0 bridgehead atoms. The van der Waals surface area contributed by atoms with Gasteiger partial charge in [-0.1, -0.05) is 34.1 Å². The zero-order chi connectivity index (χ0) is 19.8. The van der Waals surface area contributed by atoms with E-state index < -0.39 is 0 Å². The van der Waals surface area contributed by atoms with Gasteiger partial charge in [-0.05, 0) is 55.2 Å². The SMILES string of the molecule is Fc1cc(Br)ccc1/C=C/c1nc(CCc2ccc(OCCCCl)cc2)co1. The second-order valence-corrected chi connectivity index (χ2v) is 7.50. The molecule has 3 nitrogen and oxygen atoms in total. The number of nitrogens with zero attached hydrogens (tertiary/aromatic N) is 1. The summed E-state index contributed by atoms with van der Waals surface area (Å²) in [6, 6.07) is 12.9. The Bertz CT molecular complexity index is 925. The second kappa shape index (κ2) is 10.4. The number of benzene rings is 2. The number of ether oxygens (including phenoxy) is 1. The summed E-state index contributed by atoms with van der Waals surface area (Å²) in [5.74, 6) is 1.61. The topological polar surface area (TPSA) is 35.3 Å². The Morgan fingerprint density at radius 3 is 2.68 bits per heavy atom. The van der Waals surface area contributed by atoms with Crippen LogP contribution >= 0.6 is 27.5 Å². The third kappa shape index (κ3) is 6.21. The molecule has 0 aliphatic carbocycles. The molecular weight excluding hydrogens is 445 g/mol. The number of hydrogen-bond acceptors (Lipinski definition) is 3. The van der Waals surface area contributed by atoms with Gasteiger partial charge >= 0.3 is 0 Å². The van der Waals surface area contributed by atoms with Crippen molar-refractivity contribution in [1.82, 2.24) is 4.98 Å². The van der Waals surface area contributed by atoms with Crippen molar-refractivity contribution in [3.63, 3.8) is 0 Å². The smallest absolute Gasteiger partial charge is 0.218 e. The largest absolute Gasteiger partial charge is 0.494 e. The maximum absolute atomic E-state index is 13.8. The normalized spacial score (nSPS) is 11.2. The van der Waals surface area contributed by atoms with Gasteiger partial charge in [-0.15, -0.1) is 11.6 Å². The minimum absolute atomic E-state index is 0.299. The van der Waals surface area contributed by atoms with Crippen molar-refractivity contribution < 1.29 is 13.5 Å². The van der Waals surface area contributed by atoms with Gasteiger partial charge in [-0.2, -0.15) is 0 Å². The quantitative estimate of drug-likeness (QED) is 0.266. The van der Waals surface area contributed by atoms with Gasteiger partial charge in [0.15, 0.2) is 0 Å². The molecule has 3 aromatic rings. The number of oxazole rings is 1. The molecule has 1 aromatic heterocycles. The van der Waals surface area contributed by atoms with Crippen molar-refractivity contribution in [3.05, 3.63) is 81.7 Å². The Labute approximate surface area is 177 Å². The molecule has 0 atom stereocenters. The van der Waals surface area contributed by atoms with E-state index in [1.807, 2.05) is 24.3 Å². The Kier molecular flexibility index (Phi) is 7.69. The maximum atomic E-state index is 13.8. The van der Waals surface area contributed by atoms with Crippen LogP contribution in [0.25, 0.3) is 12.2 Å². The third-order valence-electron chi connectivity index (χ3n) is 4.08. The molecule has 0 aliphatic heterocycles. The van der Waals surface area contributed by atoms with Crippen molar-refractivity contribution in [2.24, 2.45) is 0 Å². The maximum Gasteiger partial charge on any atom is 0.218 e. The van der Waals surface area contributed by atoms with Gasteiger partial charge < -0.3 is 9.15 Å². The van der Waals surface area contributed by atoms with Crippen LogP contribution in [0.15, 0.2) is 57.6 Å². The van der Waals surface area contributed by atoms with Gasteiger partial charge in [0.2, 0.25) is 5.89 Å². The van der Waals surface area contributed by atoms with Crippen LogP contribution in [0.2, 0.25) is 0 Å². The van der Waals surface area contributed by atoms with Crippen molar-refractivity contribution in [1.29, 1.82) is 0 Å². The molecule has 0 saturated heterocycles. The molecule has 0 aliphatic rings. The first-order valence-corrected chi connectivity index (χ1v) is 10.3. The van der Waals surface area contributed by atoms with E-state index in [0.29, 0.717) is 28.4 Å². The van der Waals surface area contributed by atoms with Crippen molar-refractivity contribution in [3.8, 4) is 5.75 Å². The third-order valence-corrected chi connectivity index (χ3v) is 4.84. The summed E-state index contributed by atoms with van der Waals surface area (Å²) in [6.45, 7) is 0.627. The van der Waals surface area contributed by atoms with Crippen LogP contribution in [0.3, 0.4) is 0 Å². The van der Waals surface area contributed by atoms with Gasteiger partial charge in [0, 0.05) is 22.0 Å². The summed E-state index contributed by atoms with van der Waals surface area (Å²) >= 11 is 8.88. The fourth-order valence-electron chi connectivity index (χ4n) is 2.58. The lowest BCUT2D eigenvalue weighted by atomic mass is 10.1. The molecule has 0 amide bonds. The summed E-state index contributed by atoms with van der Waals surface area (Å²) < 4.78 is 25.6. The van der Waals surface area contributed by atoms with E-state index in [2.05, 4.69) is 20.9 Å². The van der Waals surface area contributed by atoms with E-state index in [-0.39, 0.29) is 5.82 Å². The molecule has 146 valence electrons. The van der Waals surface area contributed by atoms with Crippen LogP contribution in [0.1, 0.15) is 29.1 Å². The monoisotopic (exact) mass is 463 g/mol. The first kappa shape index (κ1) is 20.6. The van der Waals surface area contributed by atoms with Gasteiger partial charge in [0.25, 0.3) is 0 Å². The van der Waals surface area contributed by atoms with E-state index >= 15 is 0 Å². The Hall–Kier alpha value is -2.11. The van der Waals surface area contributed by atoms with E-state index in [9.17, 15) is 4.39 Å². The van der Waals surface area contributed by atoms with E-state index in [0.717, 1.165) is 30.7 Å². The van der Waals surface area contributed by atoms with Gasteiger partial charge in [-0.25, -0.2) is 9.37 Å². The predicted octanol–water partition coefficient (Wildman–Crippen LogP) is 6.54. The van der Waals surface area contributed by atoms with Gasteiger partial charge in [0.1, 0.15) is 17.8 Å². The standard InChI is InChI=1S/C22H20BrClFNO2/c23-18-7-5-17(21(25)14-18)6-11-22-26-19(15-28-22)8-2-16-3-9-20(10-4-16)27-13-1-12-24/h3-7,9-11,14-15H,1-2,8,12-13H2/b11-6+. The van der Waals surface area contributed by atoms with E-state index in [1.54, 1.807) is 30.5 Å². The molecule has 1 heterocycles. The fourth-order valence-corrected chi connectivity index (χ4v) is 3.02. The van der Waals surface area contributed by atoms with Gasteiger partial charge in [0.05, 0.1) is 12.3 Å². The number of halogens is 3. The predicted molar refractivity (Wildman–Crippen MR) is 114 cm³/mol. The summed E-state index contributed by atoms with van der Waals surface area (Å²) in [6.07, 6.45) is 7.40. The highest BCUT2D eigenvalue weighted by atomic mass is 79.9. The first-order valence-electron chi connectivity index (χ1n) is 8.99. The lowest BCUT2D eigenvalue weighted by molar-refractivity contribution is 0.318. The summed E-state index contributed by atoms with van der Waals surface area (Å²) in [7, 11) is 0. The van der Waals surface area contributed by atoms with Crippen molar-refractivity contribution in [2.75, 3.05) is 12.5 Å². The van der Waals surface area contributed by atoms with Crippen LogP contribution in [-0.2, 0) is 12.8 Å². The van der Waals surface area contributed by atoms with Crippen LogP contribution in [-0.4, -0.2) is 17.5 Å². The van der Waals surface area contributed by atoms with Gasteiger partial charge in [-0.3, -0.25) is 0 Å². The minimum atomic E-state index is -0.299. The number of aromatic nitrogens is 1. The zero-order valence-corrected chi connectivity index (χ0v) is 17.5.